The quantitative estimate of drug-likeness (QED) is 0.647. The molecule has 7 nitrogen and oxygen atoms in total. The summed E-state index contributed by atoms with van der Waals surface area (Å²) in [6, 6.07) is 3.14. The highest BCUT2D eigenvalue weighted by atomic mass is 16.9. The maximum absolute atomic E-state index is 13.7. The van der Waals surface area contributed by atoms with Crippen LogP contribution in [0.25, 0.3) is 0 Å². The molecule has 0 N–H and O–H groups in total. The third kappa shape index (κ3) is 2.34. The molecule has 9 atom stereocenters. The number of ketones is 1. The average molecular weight is 469 g/mol. The van der Waals surface area contributed by atoms with E-state index >= 15 is 0 Å². The minimum Gasteiger partial charge on any atom is -0.493 e. The van der Waals surface area contributed by atoms with Crippen LogP contribution in [0.4, 0.5) is 0 Å². The fourth-order valence-corrected chi connectivity index (χ4v) is 9.26. The number of rotatable bonds is 2. The van der Waals surface area contributed by atoms with Crippen molar-refractivity contribution >= 4 is 5.78 Å². The van der Waals surface area contributed by atoms with E-state index in [1.807, 2.05) is 6.92 Å². The Morgan fingerprint density at radius 2 is 1.88 bits per heavy atom. The molecule has 4 aliphatic carbocycles. The standard InChI is InChI=1S/C27H32O7/c1-24-9-8-17-16(21(24)23(30-4)22(29)20(24)14-5-6-19(28)31-13-14)7-10-27-12-15-11-18(25(17,27)2)33-26(3,32-15)34-27/h5-6,13,15-18,20H,7-12H2,1-4H3/t15-,16+,17-,18+,20-,24+,25-,26?,27-/m0/s1. The van der Waals surface area contributed by atoms with Crippen LogP contribution in [-0.4, -0.2) is 36.7 Å². The first kappa shape index (κ1) is 21.3. The molecule has 1 spiro atoms. The molecule has 0 amide bonds. The van der Waals surface area contributed by atoms with E-state index in [1.165, 1.54) is 12.3 Å². The summed E-state index contributed by atoms with van der Waals surface area (Å²) in [5.74, 6) is -0.267. The number of carbonyl (C=O) groups excluding carboxylic acids is 1. The van der Waals surface area contributed by atoms with Gasteiger partial charge in [0, 0.05) is 36.7 Å². The first-order valence-corrected chi connectivity index (χ1v) is 12.6. The van der Waals surface area contributed by atoms with Gasteiger partial charge in [-0.25, -0.2) is 4.79 Å². The third-order valence-corrected chi connectivity index (χ3v) is 10.5. The van der Waals surface area contributed by atoms with Gasteiger partial charge in [0.1, 0.15) is 0 Å². The summed E-state index contributed by atoms with van der Waals surface area (Å²) < 4.78 is 30.2. The molecule has 1 aromatic rings. The number of Topliss-reactive ketones (excluding diaryl/α,β-unsaturated/α-hetero) is 1. The second kappa shape index (κ2) is 6.42. The van der Waals surface area contributed by atoms with Crippen LogP contribution in [0.1, 0.15) is 70.8 Å². The third-order valence-electron chi connectivity index (χ3n) is 10.5. The monoisotopic (exact) mass is 468 g/mol. The second-order valence-corrected chi connectivity index (χ2v) is 11.9. The molecule has 182 valence electrons. The zero-order valence-electron chi connectivity index (χ0n) is 20.2. The topological polar surface area (TPSA) is 84.2 Å². The lowest BCUT2D eigenvalue weighted by atomic mass is 9.42. The van der Waals surface area contributed by atoms with Crippen LogP contribution in [0.15, 0.2) is 38.9 Å². The highest BCUT2D eigenvalue weighted by molar-refractivity contribution is 6.03. The van der Waals surface area contributed by atoms with Gasteiger partial charge in [-0.05, 0) is 54.7 Å². The number of methoxy groups -OCH3 is 1. The number of ether oxygens (including phenoxy) is 4. The predicted molar refractivity (Wildman–Crippen MR) is 120 cm³/mol. The summed E-state index contributed by atoms with van der Waals surface area (Å²) in [6.07, 6.45) is 7.28. The lowest BCUT2D eigenvalue weighted by Gasteiger charge is -2.73. The average Bonchev–Trinajstić information content (AvgIpc) is 3.01. The fourth-order valence-electron chi connectivity index (χ4n) is 9.26. The van der Waals surface area contributed by atoms with Crippen molar-refractivity contribution in [3.63, 3.8) is 0 Å². The molecule has 34 heavy (non-hydrogen) atoms. The zero-order valence-corrected chi connectivity index (χ0v) is 20.2. The molecule has 3 saturated heterocycles. The van der Waals surface area contributed by atoms with Gasteiger partial charge < -0.3 is 23.4 Å². The molecule has 0 aromatic carbocycles. The second-order valence-electron chi connectivity index (χ2n) is 11.9. The smallest absolute Gasteiger partial charge is 0.335 e. The molecule has 4 heterocycles. The van der Waals surface area contributed by atoms with Crippen molar-refractivity contribution in [2.75, 3.05) is 7.11 Å². The van der Waals surface area contributed by atoms with Crippen molar-refractivity contribution in [3.05, 3.63) is 45.7 Å². The number of carbonyl (C=O) groups is 1. The van der Waals surface area contributed by atoms with Crippen LogP contribution in [0.5, 0.6) is 0 Å². The summed E-state index contributed by atoms with van der Waals surface area (Å²) in [5, 5.41) is 0. The molecule has 4 bridgehead atoms. The van der Waals surface area contributed by atoms with Gasteiger partial charge in [0.2, 0.25) is 5.78 Å². The van der Waals surface area contributed by atoms with Crippen LogP contribution < -0.4 is 5.63 Å². The molecular weight excluding hydrogens is 436 g/mol. The van der Waals surface area contributed by atoms with Crippen LogP contribution in [-0.2, 0) is 23.7 Å². The van der Waals surface area contributed by atoms with E-state index in [9.17, 15) is 9.59 Å². The maximum atomic E-state index is 13.7. The van der Waals surface area contributed by atoms with E-state index < -0.39 is 17.5 Å². The number of hydrogen-bond acceptors (Lipinski definition) is 7. The van der Waals surface area contributed by atoms with E-state index in [-0.39, 0.29) is 40.3 Å². The SMILES string of the molecule is COC1=C2[C@@H]3CC[C@@]45C[C@@H]6C[C@@H](OC(C)(O6)O4)[C@]5(C)[C@H]3CC[C@]2(C)[C@@H](c2ccc(=O)oc2)C1=O. The van der Waals surface area contributed by atoms with Crippen LogP contribution in [0.2, 0.25) is 0 Å². The highest BCUT2D eigenvalue weighted by Gasteiger charge is 2.75. The lowest BCUT2D eigenvalue weighted by Crippen LogP contribution is -2.78. The molecule has 7 heteroatoms. The first-order chi connectivity index (χ1) is 16.1. The molecule has 3 saturated carbocycles. The van der Waals surface area contributed by atoms with Gasteiger partial charge in [-0.3, -0.25) is 4.79 Å². The van der Waals surface area contributed by atoms with Crippen molar-refractivity contribution in [1.82, 2.24) is 0 Å². The summed E-state index contributed by atoms with van der Waals surface area (Å²) in [6.45, 7) is 6.48. The van der Waals surface area contributed by atoms with Crippen LogP contribution >= 0.6 is 0 Å². The maximum Gasteiger partial charge on any atom is 0.335 e. The summed E-state index contributed by atoms with van der Waals surface area (Å²) >= 11 is 0. The minimum absolute atomic E-state index is 0.00145. The lowest BCUT2D eigenvalue weighted by molar-refractivity contribution is -0.547. The molecule has 6 fully saturated rings. The van der Waals surface area contributed by atoms with Crippen molar-refractivity contribution < 1.29 is 28.2 Å². The molecule has 8 rings (SSSR count). The minimum atomic E-state index is -0.941. The van der Waals surface area contributed by atoms with E-state index in [4.69, 9.17) is 23.4 Å². The molecule has 3 aliphatic heterocycles. The predicted octanol–water partition coefficient (Wildman–Crippen LogP) is 4.06. The Labute approximate surface area is 198 Å². The Bertz CT molecular complexity index is 1170. The Morgan fingerprint density at radius 3 is 2.59 bits per heavy atom. The summed E-state index contributed by atoms with van der Waals surface area (Å²) in [5.41, 5.74) is 0.726. The summed E-state index contributed by atoms with van der Waals surface area (Å²) in [4.78, 5) is 25.3. The van der Waals surface area contributed by atoms with Crippen molar-refractivity contribution in [2.45, 2.75) is 89.0 Å². The van der Waals surface area contributed by atoms with Gasteiger partial charge in [-0.2, -0.15) is 0 Å². The van der Waals surface area contributed by atoms with Gasteiger partial charge in [0.25, 0.3) is 5.97 Å². The van der Waals surface area contributed by atoms with Gasteiger partial charge in [0.05, 0.1) is 37.1 Å². The summed E-state index contributed by atoms with van der Waals surface area (Å²) in [7, 11) is 1.61. The zero-order chi connectivity index (χ0) is 23.7. The normalized spacial score (nSPS) is 50.7. The Balaban J connectivity index is 1.33. The van der Waals surface area contributed by atoms with E-state index in [2.05, 4.69) is 13.8 Å². The first-order valence-electron chi connectivity index (χ1n) is 12.6. The largest absolute Gasteiger partial charge is 0.493 e. The van der Waals surface area contributed by atoms with Gasteiger partial charge in [-0.15, -0.1) is 0 Å². The van der Waals surface area contributed by atoms with E-state index in [1.54, 1.807) is 13.2 Å². The van der Waals surface area contributed by atoms with Crippen LogP contribution in [0, 0.1) is 22.7 Å². The Morgan fingerprint density at radius 1 is 1.06 bits per heavy atom. The molecule has 1 aromatic heterocycles. The fraction of sp³-hybridized carbons (Fsp3) is 0.704. The number of allylic oxidation sites excluding steroid dienone is 2. The van der Waals surface area contributed by atoms with Crippen molar-refractivity contribution in [3.8, 4) is 0 Å². The Kier molecular flexibility index (Phi) is 4.03. The number of hydrogen-bond donors (Lipinski definition) is 0. The molecule has 0 radical (unpaired) electrons. The number of fused-ring (bicyclic) bond motifs is 3. The molecule has 7 aliphatic rings. The Hall–Kier alpha value is -1.96. The molecule has 1 unspecified atom stereocenters. The van der Waals surface area contributed by atoms with E-state index in [0.717, 1.165) is 49.7 Å². The highest BCUT2D eigenvalue weighted by Crippen LogP contribution is 2.72. The van der Waals surface area contributed by atoms with Gasteiger partial charge in [0.15, 0.2) is 5.76 Å². The van der Waals surface area contributed by atoms with Crippen molar-refractivity contribution in [1.29, 1.82) is 0 Å². The van der Waals surface area contributed by atoms with E-state index in [0.29, 0.717) is 11.7 Å². The van der Waals surface area contributed by atoms with Crippen LogP contribution in [0.3, 0.4) is 0 Å². The molecular formula is C27H32O7. The van der Waals surface area contributed by atoms with Gasteiger partial charge >= 0.3 is 5.63 Å². The van der Waals surface area contributed by atoms with Crippen molar-refractivity contribution in [2.24, 2.45) is 22.7 Å². The van der Waals surface area contributed by atoms with Gasteiger partial charge in [-0.1, -0.05) is 13.8 Å².